The summed E-state index contributed by atoms with van der Waals surface area (Å²) >= 11 is 0. The average molecular weight is 403 g/mol. The van der Waals surface area contributed by atoms with E-state index in [1.54, 1.807) is 25.1 Å². The Labute approximate surface area is 166 Å². The van der Waals surface area contributed by atoms with E-state index < -0.39 is 10.0 Å². The first-order valence-corrected chi connectivity index (χ1v) is 11.0. The highest BCUT2D eigenvalue weighted by Crippen LogP contribution is 2.33. The zero-order chi connectivity index (χ0) is 20.1. The Balaban J connectivity index is 1.79. The highest BCUT2D eigenvalue weighted by molar-refractivity contribution is 7.92. The van der Waals surface area contributed by atoms with Crippen molar-refractivity contribution in [2.24, 2.45) is 0 Å². The molecule has 1 amide bonds. The van der Waals surface area contributed by atoms with Gasteiger partial charge >= 0.3 is 0 Å². The van der Waals surface area contributed by atoms with Crippen molar-refractivity contribution >= 4 is 21.6 Å². The van der Waals surface area contributed by atoms with Crippen LogP contribution in [0.15, 0.2) is 47.4 Å². The second kappa shape index (κ2) is 8.65. The molecule has 6 nitrogen and oxygen atoms in total. The van der Waals surface area contributed by atoms with E-state index in [1.165, 1.54) is 4.31 Å². The first-order valence-electron chi connectivity index (χ1n) is 9.54. The lowest BCUT2D eigenvalue weighted by Crippen LogP contribution is -2.35. The molecule has 0 fully saturated rings. The van der Waals surface area contributed by atoms with Gasteiger partial charge in [-0.05, 0) is 61.6 Å². The molecule has 1 aliphatic rings. The van der Waals surface area contributed by atoms with Crippen LogP contribution in [0.1, 0.15) is 30.9 Å². The lowest BCUT2D eigenvalue weighted by atomic mass is 10.0. The summed E-state index contributed by atoms with van der Waals surface area (Å²) in [4.78, 5) is 11.9. The van der Waals surface area contributed by atoms with E-state index in [2.05, 4.69) is 5.32 Å². The smallest absolute Gasteiger partial charge is 0.264 e. The highest BCUT2D eigenvalue weighted by atomic mass is 32.2. The zero-order valence-electron chi connectivity index (χ0n) is 16.3. The molecule has 7 heteroatoms. The second-order valence-electron chi connectivity index (χ2n) is 6.88. The van der Waals surface area contributed by atoms with Crippen molar-refractivity contribution in [2.45, 2.75) is 38.0 Å². The molecule has 0 bridgehead atoms. The summed E-state index contributed by atoms with van der Waals surface area (Å²) in [5.74, 6) is 0.313. The van der Waals surface area contributed by atoms with Crippen LogP contribution in [-0.2, 0) is 21.2 Å². The number of carbonyl (C=O) groups is 1. The average Bonchev–Trinajstić information content (AvgIpc) is 2.70. The predicted molar refractivity (Wildman–Crippen MR) is 109 cm³/mol. The molecule has 1 heterocycles. The number of nitrogens with zero attached hydrogens (tertiary/aromatic N) is 1. The Morgan fingerprint density at radius 3 is 2.75 bits per heavy atom. The van der Waals surface area contributed by atoms with E-state index in [-0.39, 0.29) is 17.4 Å². The predicted octanol–water partition coefficient (Wildman–Crippen LogP) is 3.04. The number of ether oxygens (including phenoxy) is 1. The molecule has 1 aliphatic heterocycles. The molecule has 0 saturated carbocycles. The molecule has 0 aliphatic carbocycles. The molecule has 0 saturated heterocycles. The number of fused-ring (bicyclic) bond motifs is 1. The van der Waals surface area contributed by atoms with Crippen molar-refractivity contribution in [3.63, 3.8) is 0 Å². The topological polar surface area (TPSA) is 75.7 Å². The van der Waals surface area contributed by atoms with Crippen LogP contribution in [0.25, 0.3) is 0 Å². The fraction of sp³-hybridized carbons (Fsp3) is 0.381. The second-order valence-corrected chi connectivity index (χ2v) is 8.74. The minimum absolute atomic E-state index is 0.0908. The number of carbonyl (C=O) groups excluding carboxylic acids is 1. The highest BCUT2D eigenvalue weighted by Gasteiger charge is 2.29. The molecular weight excluding hydrogens is 376 g/mol. The Kier molecular flexibility index (Phi) is 6.24. The minimum atomic E-state index is -3.66. The Bertz CT molecular complexity index is 957. The normalized spacial score (nSPS) is 13.7. The van der Waals surface area contributed by atoms with E-state index in [0.717, 1.165) is 30.5 Å². The lowest BCUT2D eigenvalue weighted by Gasteiger charge is -2.30. The molecule has 2 aromatic rings. The van der Waals surface area contributed by atoms with E-state index in [0.29, 0.717) is 24.4 Å². The maximum absolute atomic E-state index is 13.2. The Hall–Kier alpha value is -2.54. The standard InChI is InChI=1S/C21H26N2O4S/c1-3-12-22-21(24)15-27-20-11-10-18(14-16(20)2)28(25,26)23-13-6-8-17-7-4-5-9-19(17)23/h4-5,7,9-11,14H,3,6,8,12-13,15H2,1-2H3,(H,22,24). The van der Waals surface area contributed by atoms with Gasteiger partial charge in [0.05, 0.1) is 10.6 Å². The largest absolute Gasteiger partial charge is 0.484 e. The molecule has 150 valence electrons. The van der Waals surface area contributed by atoms with Crippen LogP contribution in [0.3, 0.4) is 0 Å². The summed E-state index contributed by atoms with van der Waals surface area (Å²) in [6.07, 6.45) is 2.54. The first kappa shape index (κ1) is 20.2. The number of sulfonamides is 1. The summed E-state index contributed by atoms with van der Waals surface area (Å²) in [6, 6.07) is 12.4. The van der Waals surface area contributed by atoms with Crippen molar-refractivity contribution in [1.29, 1.82) is 0 Å². The molecule has 0 unspecified atom stereocenters. The monoisotopic (exact) mass is 402 g/mol. The van der Waals surface area contributed by atoms with Crippen LogP contribution < -0.4 is 14.4 Å². The third-order valence-corrected chi connectivity index (χ3v) is 6.54. The zero-order valence-corrected chi connectivity index (χ0v) is 17.1. The Morgan fingerprint density at radius 1 is 1.21 bits per heavy atom. The van der Waals surface area contributed by atoms with Crippen molar-refractivity contribution in [3.8, 4) is 5.75 Å². The quantitative estimate of drug-likeness (QED) is 0.772. The lowest BCUT2D eigenvalue weighted by molar-refractivity contribution is -0.123. The van der Waals surface area contributed by atoms with Gasteiger partial charge in [0.2, 0.25) is 0 Å². The van der Waals surface area contributed by atoms with Crippen LogP contribution in [-0.4, -0.2) is 34.0 Å². The van der Waals surface area contributed by atoms with Gasteiger partial charge < -0.3 is 10.1 Å². The van der Waals surface area contributed by atoms with Crippen LogP contribution >= 0.6 is 0 Å². The molecule has 2 aromatic carbocycles. The van der Waals surface area contributed by atoms with Crippen LogP contribution in [0.2, 0.25) is 0 Å². The molecule has 1 N–H and O–H groups in total. The van der Waals surface area contributed by atoms with E-state index >= 15 is 0 Å². The molecule has 3 rings (SSSR count). The van der Waals surface area contributed by atoms with Gasteiger partial charge in [-0.1, -0.05) is 25.1 Å². The van der Waals surface area contributed by atoms with Gasteiger partial charge in [0, 0.05) is 13.1 Å². The number of benzene rings is 2. The van der Waals surface area contributed by atoms with Crippen LogP contribution in [0.4, 0.5) is 5.69 Å². The summed E-state index contributed by atoms with van der Waals surface area (Å²) in [5, 5.41) is 2.74. The maximum Gasteiger partial charge on any atom is 0.264 e. The summed E-state index contributed by atoms with van der Waals surface area (Å²) in [7, 11) is -3.66. The van der Waals surface area contributed by atoms with Crippen molar-refractivity contribution < 1.29 is 17.9 Å². The van der Waals surface area contributed by atoms with Crippen molar-refractivity contribution in [1.82, 2.24) is 5.32 Å². The molecule has 28 heavy (non-hydrogen) atoms. The van der Waals surface area contributed by atoms with Gasteiger partial charge in [-0.3, -0.25) is 9.10 Å². The SMILES string of the molecule is CCCNC(=O)COc1ccc(S(=O)(=O)N2CCCc3ccccc32)cc1C. The maximum atomic E-state index is 13.2. The number of nitrogens with one attached hydrogen (secondary N) is 1. The van der Waals surface area contributed by atoms with Crippen LogP contribution in [0.5, 0.6) is 5.75 Å². The van der Waals surface area contributed by atoms with E-state index in [4.69, 9.17) is 4.74 Å². The van der Waals surface area contributed by atoms with E-state index in [9.17, 15) is 13.2 Å². The molecule has 0 aromatic heterocycles. The van der Waals surface area contributed by atoms with E-state index in [1.807, 2.05) is 31.2 Å². The third-order valence-electron chi connectivity index (χ3n) is 4.73. The molecular formula is C21H26N2O4S. The number of para-hydroxylation sites is 1. The molecule has 0 spiro atoms. The molecule has 0 atom stereocenters. The third kappa shape index (κ3) is 4.30. The van der Waals surface area contributed by atoms with Gasteiger partial charge in [-0.15, -0.1) is 0 Å². The van der Waals surface area contributed by atoms with Gasteiger partial charge in [0.1, 0.15) is 5.75 Å². The van der Waals surface area contributed by atoms with Crippen molar-refractivity contribution in [3.05, 3.63) is 53.6 Å². The van der Waals surface area contributed by atoms with Gasteiger partial charge in [-0.25, -0.2) is 8.42 Å². The summed E-state index contributed by atoms with van der Waals surface area (Å²) in [5.41, 5.74) is 2.47. The fourth-order valence-electron chi connectivity index (χ4n) is 3.28. The number of aryl methyl sites for hydroxylation is 2. The van der Waals surface area contributed by atoms with Gasteiger partial charge in [0.25, 0.3) is 15.9 Å². The number of amides is 1. The number of hydrogen-bond donors (Lipinski definition) is 1. The minimum Gasteiger partial charge on any atom is -0.484 e. The number of anilines is 1. The number of hydrogen-bond acceptors (Lipinski definition) is 4. The summed E-state index contributed by atoms with van der Waals surface area (Å²) < 4.78 is 33.5. The van der Waals surface area contributed by atoms with Crippen molar-refractivity contribution in [2.75, 3.05) is 24.0 Å². The Morgan fingerprint density at radius 2 is 2.00 bits per heavy atom. The molecule has 0 radical (unpaired) electrons. The fourth-order valence-corrected chi connectivity index (χ4v) is 4.91. The van der Waals surface area contributed by atoms with Gasteiger partial charge in [0.15, 0.2) is 6.61 Å². The first-order chi connectivity index (χ1) is 13.4. The number of rotatable bonds is 7. The summed E-state index contributed by atoms with van der Waals surface area (Å²) in [6.45, 7) is 4.74. The van der Waals surface area contributed by atoms with Gasteiger partial charge in [-0.2, -0.15) is 0 Å². The van der Waals surface area contributed by atoms with Crippen LogP contribution in [0, 0.1) is 6.92 Å².